The van der Waals surface area contributed by atoms with Crippen LogP contribution in [0, 0.1) is 11.3 Å². The first kappa shape index (κ1) is 13.7. The number of nitriles is 1. The molecule has 0 saturated carbocycles. The van der Waals surface area contributed by atoms with Crippen molar-refractivity contribution in [2.75, 3.05) is 10.6 Å². The van der Waals surface area contributed by atoms with Crippen molar-refractivity contribution in [1.82, 2.24) is 4.98 Å². The second-order valence-corrected chi connectivity index (χ2v) is 4.85. The van der Waals surface area contributed by atoms with Crippen LogP contribution in [0.5, 0.6) is 0 Å². The smallest absolute Gasteiger partial charge is 0.259 e. The zero-order valence-electron chi connectivity index (χ0n) is 10.5. The van der Waals surface area contributed by atoms with Crippen molar-refractivity contribution < 1.29 is 9.59 Å². The minimum Gasteiger partial charge on any atom is -0.326 e. The third-order valence-corrected chi connectivity index (χ3v) is 3.14. The van der Waals surface area contributed by atoms with Crippen LogP contribution in [0.1, 0.15) is 22.2 Å². The van der Waals surface area contributed by atoms with E-state index < -0.39 is 5.91 Å². The fraction of sp³-hybridized carbons (Fsp3) is 0.0769. The lowest BCUT2D eigenvalue weighted by molar-refractivity contribution is -0.114. The first-order valence-electron chi connectivity index (χ1n) is 5.64. The molecule has 0 radical (unpaired) electrons. The van der Waals surface area contributed by atoms with Gasteiger partial charge in [-0.1, -0.05) is 23.5 Å². The van der Waals surface area contributed by atoms with Crippen molar-refractivity contribution >= 4 is 34.0 Å². The molecular weight excluding hydrogens is 276 g/mol. The Morgan fingerprint density at radius 3 is 2.70 bits per heavy atom. The number of nitrogens with one attached hydrogen (secondary N) is 2. The standard InChI is InChI=1S/C13H10N4O2S/c1-8(18)16-11-5-3-2-4-10(11)12(19)17-13-15-7-9(6-14)20-13/h2-5,7H,1H3,(H,16,18)(H,15,17,19). The zero-order valence-corrected chi connectivity index (χ0v) is 11.3. The summed E-state index contributed by atoms with van der Waals surface area (Å²) in [6, 6.07) is 8.60. The summed E-state index contributed by atoms with van der Waals surface area (Å²) in [7, 11) is 0. The molecule has 0 bridgehead atoms. The van der Waals surface area contributed by atoms with E-state index in [1.54, 1.807) is 24.3 Å². The summed E-state index contributed by atoms with van der Waals surface area (Å²) in [6.45, 7) is 1.37. The highest BCUT2D eigenvalue weighted by Crippen LogP contribution is 2.20. The summed E-state index contributed by atoms with van der Waals surface area (Å²) in [5.74, 6) is -0.653. The van der Waals surface area contributed by atoms with Crippen molar-refractivity contribution in [3.63, 3.8) is 0 Å². The van der Waals surface area contributed by atoms with Gasteiger partial charge in [-0.05, 0) is 12.1 Å². The normalized spacial score (nSPS) is 9.60. The molecule has 2 N–H and O–H groups in total. The number of amides is 2. The molecule has 0 saturated heterocycles. The van der Waals surface area contributed by atoms with E-state index in [2.05, 4.69) is 15.6 Å². The molecule has 0 aliphatic rings. The van der Waals surface area contributed by atoms with Crippen molar-refractivity contribution in [1.29, 1.82) is 5.26 Å². The number of aromatic nitrogens is 1. The van der Waals surface area contributed by atoms with Gasteiger partial charge in [-0.3, -0.25) is 14.9 Å². The van der Waals surface area contributed by atoms with E-state index in [0.29, 0.717) is 21.3 Å². The number of benzene rings is 1. The van der Waals surface area contributed by atoms with Crippen LogP contribution in [0.4, 0.5) is 10.8 Å². The maximum atomic E-state index is 12.1. The Bertz CT molecular complexity index is 702. The Hall–Kier alpha value is -2.72. The van der Waals surface area contributed by atoms with Gasteiger partial charge in [0, 0.05) is 6.92 Å². The van der Waals surface area contributed by atoms with Gasteiger partial charge in [0.05, 0.1) is 17.4 Å². The van der Waals surface area contributed by atoms with Gasteiger partial charge >= 0.3 is 0 Å². The Labute approximate surface area is 119 Å². The summed E-state index contributed by atoms with van der Waals surface area (Å²) in [5.41, 5.74) is 0.756. The predicted octanol–water partition coefficient (Wildman–Crippen LogP) is 2.23. The quantitative estimate of drug-likeness (QED) is 0.904. The Balaban J connectivity index is 2.21. The minimum atomic E-state index is -0.395. The van der Waals surface area contributed by atoms with E-state index in [-0.39, 0.29) is 5.91 Å². The molecule has 0 atom stereocenters. The Kier molecular flexibility index (Phi) is 4.08. The van der Waals surface area contributed by atoms with Gasteiger partial charge in [-0.25, -0.2) is 4.98 Å². The second kappa shape index (κ2) is 5.95. The van der Waals surface area contributed by atoms with Gasteiger partial charge in [0.1, 0.15) is 10.9 Å². The third-order valence-electron chi connectivity index (χ3n) is 2.32. The molecule has 0 spiro atoms. The molecule has 0 aliphatic carbocycles. The number of carbonyl (C=O) groups is 2. The fourth-order valence-electron chi connectivity index (χ4n) is 1.53. The van der Waals surface area contributed by atoms with Crippen LogP contribution in [0.15, 0.2) is 30.5 Å². The van der Waals surface area contributed by atoms with E-state index in [9.17, 15) is 9.59 Å². The SMILES string of the molecule is CC(=O)Nc1ccccc1C(=O)Nc1ncc(C#N)s1. The number of anilines is 2. The molecule has 2 amide bonds. The fourth-order valence-corrected chi connectivity index (χ4v) is 2.14. The average Bonchev–Trinajstić information content (AvgIpc) is 2.86. The van der Waals surface area contributed by atoms with E-state index >= 15 is 0 Å². The van der Waals surface area contributed by atoms with E-state index in [0.717, 1.165) is 11.3 Å². The average molecular weight is 286 g/mol. The van der Waals surface area contributed by atoms with Crippen molar-refractivity contribution in [2.45, 2.75) is 6.92 Å². The largest absolute Gasteiger partial charge is 0.326 e. The van der Waals surface area contributed by atoms with Crippen LogP contribution in [-0.4, -0.2) is 16.8 Å². The maximum absolute atomic E-state index is 12.1. The zero-order chi connectivity index (χ0) is 14.5. The molecule has 7 heteroatoms. The first-order chi connectivity index (χ1) is 9.60. The number of hydrogen-bond acceptors (Lipinski definition) is 5. The Morgan fingerprint density at radius 1 is 1.30 bits per heavy atom. The number of nitrogens with zero attached hydrogens (tertiary/aromatic N) is 2. The van der Waals surface area contributed by atoms with Crippen LogP contribution in [0.2, 0.25) is 0 Å². The van der Waals surface area contributed by atoms with Crippen LogP contribution in [0.3, 0.4) is 0 Å². The summed E-state index contributed by atoms with van der Waals surface area (Å²) in [6.07, 6.45) is 1.39. The molecule has 1 aromatic heterocycles. The van der Waals surface area contributed by atoms with Gasteiger partial charge < -0.3 is 5.32 Å². The molecule has 100 valence electrons. The first-order valence-corrected chi connectivity index (χ1v) is 6.45. The van der Waals surface area contributed by atoms with Crippen molar-refractivity contribution in [2.24, 2.45) is 0 Å². The van der Waals surface area contributed by atoms with Gasteiger partial charge in [-0.2, -0.15) is 5.26 Å². The third kappa shape index (κ3) is 3.18. The number of rotatable bonds is 3. The molecule has 1 heterocycles. The molecule has 20 heavy (non-hydrogen) atoms. The molecule has 0 unspecified atom stereocenters. The molecule has 2 rings (SSSR count). The number of thiazole rings is 1. The molecule has 0 fully saturated rings. The molecular formula is C13H10N4O2S. The molecule has 6 nitrogen and oxygen atoms in total. The summed E-state index contributed by atoms with van der Waals surface area (Å²) in [4.78, 5) is 27.6. The van der Waals surface area contributed by atoms with Crippen LogP contribution in [-0.2, 0) is 4.79 Å². The van der Waals surface area contributed by atoms with Crippen LogP contribution >= 0.6 is 11.3 Å². The summed E-state index contributed by atoms with van der Waals surface area (Å²) >= 11 is 1.08. The number of para-hydroxylation sites is 1. The summed E-state index contributed by atoms with van der Waals surface area (Å²) < 4.78 is 0. The van der Waals surface area contributed by atoms with Gasteiger partial charge in [0.15, 0.2) is 5.13 Å². The van der Waals surface area contributed by atoms with E-state index in [4.69, 9.17) is 5.26 Å². The highest BCUT2D eigenvalue weighted by molar-refractivity contribution is 7.16. The highest BCUT2D eigenvalue weighted by Gasteiger charge is 2.13. The Morgan fingerprint density at radius 2 is 2.05 bits per heavy atom. The topological polar surface area (TPSA) is 94.9 Å². The second-order valence-electron chi connectivity index (χ2n) is 3.82. The van der Waals surface area contributed by atoms with Gasteiger partial charge in [-0.15, -0.1) is 0 Å². The highest BCUT2D eigenvalue weighted by atomic mass is 32.1. The van der Waals surface area contributed by atoms with Crippen LogP contribution in [0.25, 0.3) is 0 Å². The lowest BCUT2D eigenvalue weighted by atomic mass is 10.1. The van der Waals surface area contributed by atoms with Crippen LogP contribution < -0.4 is 10.6 Å². The molecule has 0 aliphatic heterocycles. The molecule has 2 aromatic rings. The minimum absolute atomic E-state index is 0.258. The number of hydrogen-bond donors (Lipinski definition) is 2. The van der Waals surface area contributed by atoms with Gasteiger partial charge in [0.2, 0.25) is 5.91 Å². The van der Waals surface area contributed by atoms with Gasteiger partial charge in [0.25, 0.3) is 5.91 Å². The van der Waals surface area contributed by atoms with E-state index in [1.165, 1.54) is 13.1 Å². The predicted molar refractivity (Wildman–Crippen MR) is 75.5 cm³/mol. The molecule has 1 aromatic carbocycles. The van der Waals surface area contributed by atoms with Crippen molar-refractivity contribution in [3.05, 3.63) is 40.9 Å². The van der Waals surface area contributed by atoms with Crippen molar-refractivity contribution in [3.8, 4) is 6.07 Å². The lowest BCUT2D eigenvalue weighted by Gasteiger charge is -2.08. The summed E-state index contributed by atoms with van der Waals surface area (Å²) in [5, 5.41) is 14.2. The van der Waals surface area contributed by atoms with E-state index in [1.807, 2.05) is 6.07 Å². The number of carbonyl (C=O) groups excluding carboxylic acids is 2. The monoisotopic (exact) mass is 286 g/mol. The maximum Gasteiger partial charge on any atom is 0.259 e. The lowest BCUT2D eigenvalue weighted by Crippen LogP contribution is -2.16.